The maximum Gasteiger partial charge on any atom is 0.324 e. The van der Waals surface area contributed by atoms with Gasteiger partial charge >= 0.3 is 6.03 Å². The van der Waals surface area contributed by atoms with Crippen LogP contribution in [0.3, 0.4) is 0 Å². The summed E-state index contributed by atoms with van der Waals surface area (Å²) in [5, 5.41) is 5.70. The lowest BCUT2D eigenvalue weighted by molar-refractivity contribution is -0.121. The molecule has 0 aromatic heterocycles. The SMILES string of the molecule is CC1C(=O)NC(=O)N1CCC1CCCN1. The summed E-state index contributed by atoms with van der Waals surface area (Å²) in [5.74, 6) is -0.181. The van der Waals surface area contributed by atoms with Crippen molar-refractivity contribution >= 4 is 11.9 Å². The van der Waals surface area contributed by atoms with Crippen LogP contribution in [0.1, 0.15) is 26.2 Å². The lowest BCUT2D eigenvalue weighted by Gasteiger charge is -2.20. The first kappa shape index (κ1) is 10.4. The molecule has 0 aliphatic carbocycles. The molecule has 2 aliphatic heterocycles. The van der Waals surface area contributed by atoms with Crippen LogP contribution in [-0.4, -0.2) is 42.0 Å². The molecule has 0 aromatic carbocycles. The molecule has 84 valence electrons. The highest BCUT2D eigenvalue weighted by molar-refractivity contribution is 6.03. The minimum absolute atomic E-state index is 0.181. The fourth-order valence-electron chi connectivity index (χ4n) is 2.19. The van der Waals surface area contributed by atoms with Crippen molar-refractivity contribution in [3.05, 3.63) is 0 Å². The highest BCUT2D eigenvalue weighted by Gasteiger charge is 2.34. The number of nitrogens with one attached hydrogen (secondary N) is 2. The minimum Gasteiger partial charge on any atom is -0.314 e. The molecule has 2 aliphatic rings. The van der Waals surface area contributed by atoms with E-state index in [4.69, 9.17) is 0 Å². The molecule has 2 N–H and O–H groups in total. The molecule has 5 nitrogen and oxygen atoms in total. The van der Waals surface area contributed by atoms with Crippen molar-refractivity contribution in [2.24, 2.45) is 0 Å². The van der Waals surface area contributed by atoms with Crippen LogP contribution in [0.25, 0.3) is 0 Å². The van der Waals surface area contributed by atoms with E-state index in [0.29, 0.717) is 12.6 Å². The quantitative estimate of drug-likeness (QED) is 0.649. The number of urea groups is 1. The van der Waals surface area contributed by atoms with Gasteiger partial charge in [0.2, 0.25) is 0 Å². The summed E-state index contributed by atoms with van der Waals surface area (Å²) in [4.78, 5) is 24.2. The van der Waals surface area contributed by atoms with Gasteiger partial charge in [-0.15, -0.1) is 0 Å². The van der Waals surface area contributed by atoms with E-state index in [1.165, 1.54) is 12.8 Å². The maximum absolute atomic E-state index is 11.4. The zero-order valence-corrected chi connectivity index (χ0v) is 8.95. The number of rotatable bonds is 3. The normalized spacial score (nSPS) is 31.1. The van der Waals surface area contributed by atoms with E-state index in [-0.39, 0.29) is 18.0 Å². The lowest BCUT2D eigenvalue weighted by Crippen LogP contribution is -2.36. The van der Waals surface area contributed by atoms with Gasteiger partial charge in [-0.3, -0.25) is 10.1 Å². The minimum atomic E-state index is -0.307. The average molecular weight is 211 g/mol. The van der Waals surface area contributed by atoms with Crippen LogP contribution >= 0.6 is 0 Å². The number of carbonyl (C=O) groups is 2. The highest BCUT2D eigenvalue weighted by Crippen LogP contribution is 2.13. The van der Waals surface area contributed by atoms with E-state index in [1.807, 2.05) is 0 Å². The summed E-state index contributed by atoms with van der Waals surface area (Å²) in [7, 11) is 0. The summed E-state index contributed by atoms with van der Waals surface area (Å²) in [5.41, 5.74) is 0. The molecule has 0 radical (unpaired) electrons. The van der Waals surface area contributed by atoms with Gasteiger partial charge < -0.3 is 10.2 Å². The molecule has 5 heteroatoms. The van der Waals surface area contributed by atoms with Gasteiger partial charge in [0.1, 0.15) is 6.04 Å². The first-order valence-corrected chi connectivity index (χ1v) is 5.53. The summed E-state index contributed by atoms with van der Waals surface area (Å²) in [6.07, 6.45) is 3.33. The zero-order valence-electron chi connectivity index (χ0n) is 8.95. The molecule has 2 fully saturated rings. The van der Waals surface area contributed by atoms with Crippen LogP contribution in [0.5, 0.6) is 0 Å². The van der Waals surface area contributed by atoms with Crippen molar-refractivity contribution in [3.8, 4) is 0 Å². The van der Waals surface area contributed by atoms with Crippen molar-refractivity contribution in [1.82, 2.24) is 15.5 Å². The Balaban J connectivity index is 1.83. The first-order chi connectivity index (χ1) is 7.18. The van der Waals surface area contributed by atoms with Crippen molar-refractivity contribution < 1.29 is 9.59 Å². The Labute approximate surface area is 89.2 Å². The van der Waals surface area contributed by atoms with Crippen molar-refractivity contribution in [2.45, 2.75) is 38.3 Å². The Kier molecular flexibility index (Phi) is 2.90. The first-order valence-electron chi connectivity index (χ1n) is 5.53. The lowest BCUT2D eigenvalue weighted by atomic mass is 10.1. The van der Waals surface area contributed by atoms with E-state index < -0.39 is 0 Å². The summed E-state index contributed by atoms with van der Waals surface area (Å²) in [6.45, 7) is 3.50. The van der Waals surface area contributed by atoms with Crippen molar-refractivity contribution in [3.63, 3.8) is 0 Å². The van der Waals surface area contributed by atoms with Gasteiger partial charge in [0.05, 0.1) is 0 Å². The zero-order chi connectivity index (χ0) is 10.8. The Morgan fingerprint density at radius 2 is 2.27 bits per heavy atom. The molecule has 3 amide bonds. The number of imide groups is 1. The predicted molar refractivity (Wildman–Crippen MR) is 55.3 cm³/mol. The van der Waals surface area contributed by atoms with Gasteiger partial charge in [0.15, 0.2) is 0 Å². The monoisotopic (exact) mass is 211 g/mol. The number of hydrogen-bond acceptors (Lipinski definition) is 3. The number of hydrogen-bond donors (Lipinski definition) is 2. The van der Waals surface area contributed by atoms with E-state index >= 15 is 0 Å². The largest absolute Gasteiger partial charge is 0.324 e. The molecule has 2 heterocycles. The smallest absolute Gasteiger partial charge is 0.314 e. The molecule has 2 rings (SSSR count). The van der Waals surface area contributed by atoms with Gasteiger partial charge in [-0.1, -0.05) is 0 Å². The van der Waals surface area contributed by atoms with E-state index in [9.17, 15) is 9.59 Å². The Morgan fingerprint density at radius 3 is 2.80 bits per heavy atom. The average Bonchev–Trinajstić information content (AvgIpc) is 2.76. The van der Waals surface area contributed by atoms with Gasteiger partial charge in [-0.25, -0.2) is 4.79 Å². The predicted octanol–water partition coefficient (Wildman–Crippen LogP) is 0.0688. The third-order valence-electron chi connectivity index (χ3n) is 3.22. The Morgan fingerprint density at radius 1 is 1.47 bits per heavy atom. The number of nitrogens with zero attached hydrogens (tertiary/aromatic N) is 1. The fourth-order valence-corrected chi connectivity index (χ4v) is 2.19. The molecular weight excluding hydrogens is 194 g/mol. The van der Waals surface area contributed by atoms with E-state index in [1.54, 1.807) is 11.8 Å². The number of carbonyl (C=O) groups excluding carboxylic acids is 2. The maximum atomic E-state index is 11.4. The number of amides is 3. The molecule has 2 atom stereocenters. The fraction of sp³-hybridized carbons (Fsp3) is 0.800. The molecule has 0 aromatic rings. The standard InChI is InChI=1S/C10H17N3O2/c1-7-9(14)12-10(15)13(7)6-4-8-3-2-5-11-8/h7-8,11H,2-6H2,1H3,(H,12,14,15). The van der Waals surface area contributed by atoms with Gasteiger partial charge in [-0.05, 0) is 32.7 Å². The summed E-state index contributed by atoms with van der Waals surface area (Å²) < 4.78 is 0. The molecular formula is C10H17N3O2. The van der Waals surface area contributed by atoms with Crippen LogP contribution in [0.15, 0.2) is 0 Å². The molecule has 0 bridgehead atoms. The van der Waals surface area contributed by atoms with Crippen LogP contribution in [0, 0.1) is 0 Å². The Hall–Kier alpha value is -1.10. The van der Waals surface area contributed by atoms with Crippen molar-refractivity contribution in [1.29, 1.82) is 0 Å². The molecule has 2 unspecified atom stereocenters. The summed E-state index contributed by atoms with van der Waals surface area (Å²) >= 11 is 0. The second kappa shape index (κ2) is 4.18. The van der Waals surface area contributed by atoms with Gasteiger partial charge in [0, 0.05) is 12.6 Å². The van der Waals surface area contributed by atoms with Crippen LogP contribution in [0.2, 0.25) is 0 Å². The molecule has 0 saturated carbocycles. The third-order valence-corrected chi connectivity index (χ3v) is 3.22. The van der Waals surface area contributed by atoms with Crippen LogP contribution in [0.4, 0.5) is 4.79 Å². The third kappa shape index (κ3) is 2.12. The van der Waals surface area contributed by atoms with Crippen LogP contribution in [-0.2, 0) is 4.79 Å². The second-order valence-electron chi connectivity index (χ2n) is 4.25. The van der Waals surface area contributed by atoms with Gasteiger partial charge in [-0.2, -0.15) is 0 Å². The van der Waals surface area contributed by atoms with Crippen molar-refractivity contribution in [2.75, 3.05) is 13.1 Å². The topological polar surface area (TPSA) is 61.4 Å². The second-order valence-corrected chi connectivity index (χ2v) is 4.25. The van der Waals surface area contributed by atoms with E-state index in [0.717, 1.165) is 13.0 Å². The van der Waals surface area contributed by atoms with Gasteiger partial charge in [0.25, 0.3) is 5.91 Å². The Bertz CT molecular complexity index is 274. The molecule has 0 spiro atoms. The molecule has 2 saturated heterocycles. The van der Waals surface area contributed by atoms with E-state index in [2.05, 4.69) is 10.6 Å². The molecule has 15 heavy (non-hydrogen) atoms. The highest BCUT2D eigenvalue weighted by atomic mass is 16.2. The van der Waals surface area contributed by atoms with Crippen LogP contribution < -0.4 is 10.6 Å². The summed E-state index contributed by atoms with van der Waals surface area (Å²) in [6, 6.07) is -0.0369.